The van der Waals surface area contributed by atoms with E-state index in [1.165, 1.54) is 18.1 Å². The maximum absolute atomic E-state index is 9.71. The van der Waals surface area contributed by atoms with E-state index >= 15 is 0 Å². The van der Waals surface area contributed by atoms with Crippen LogP contribution in [-0.4, -0.2) is 43.7 Å². The summed E-state index contributed by atoms with van der Waals surface area (Å²) in [5.74, 6) is -0.0627. The molecule has 21 heavy (non-hydrogen) atoms. The predicted molar refractivity (Wildman–Crippen MR) is 75.6 cm³/mol. The first-order valence-electron chi connectivity index (χ1n) is 6.59. The van der Waals surface area contributed by atoms with E-state index in [0.29, 0.717) is 17.8 Å². The Morgan fingerprint density at radius 1 is 1.62 bits per heavy atom. The summed E-state index contributed by atoms with van der Waals surface area (Å²) in [6, 6.07) is 2.26. The van der Waals surface area contributed by atoms with Gasteiger partial charge in [-0.2, -0.15) is 10.4 Å². The number of aliphatic hydroxyl groups is 1. The Hall–Kier alpha value is -1.69. The maximum Gasteiger partial charge on any atom is 0.200 e. The summed E-state index contributed by atoms with van der Waals surface area (Å²) in [4.78, 5) is 8.50. The minimum atomic E-state index is -1.14. The Bertz CT molecular complexity index is 712. The average Bonchev–Trinajstić information content (AvgIpc) is 3.08. The molecule has 1 aliphatic rings. The molecule has 3 atom stereocenters. The third-order valence-corrected chi connectivity index (χ3v) is 4.55. The molecule has 8 heteroatoms. The van der Waals surface area contributed by atoms with Gasteiger partial charge in [0.15, 0.2) is 5.65 Å². The standard InChI is InChI=1S/C13H15N5O2S/c1-8-3-9(5-19)20-13(8,6-14)10-4-15-11-12(21-2)16-7-17-18(10)11/h4,7-9,19H,3,5H2,1-2H3/t8-,9-,13+/m0/s1. The van der Waals surface area contributed by atoms with Gasteiger partial charge >= 0.3 is 0 Å². The van der Waals surface area contributed by atoms with Crippen molar-refractivity contribution in [2.24, 2.45) is 5.92 Å². The van der Waals surface area contributed by atoms with Crippen molar-refractivity contribution in [2.75, 3.05) is 12.9 Å². The van der Waals surface area contributed by atoms with Crippen LogP contribution in [-0.2, 0) is 10.3 Å². The normalized spacial score (nSPS) is 28.9. The molecular formula is C13H15N5O2S. The Balaban J connectivity index is 2.17. The number of nitrogens with zero attached hydrogens (tertiary/aromatic N) is 5. The lowest BCUT2D eigenvalue weighted by molar-refractivity contribution is -0.0425. The molecule has 1 fully saturated rings. The SMILES string of the molecule is CSc1ncnn2c([C@]3(C#N)O[C@H](CO)C[C@@H]3C)cnc12. The zero-order valence-electron chi connectivity index (χ0n) is 11.7. The van der Waals surface area contributed by atoms with Gasteiger partial charge in [-0.05, 0) is 12.7 Å². The number of hydrogen-bond acceptors (Lipinski definition) is 7. The van der Waals surface area contributed by atoms with Gasteiger partial charge in [0.05, 0.1) is 18.9 Å². The van der Waals surface area contributed by atoms with Crippen molar-refractivity contribution in [1.82, 2.24) is 19.6 Å². The molecule has 0 bridgehead atoms. The third kappa shape index (κ3) is 2.00. The highest BCUT2D eigenvalue weighted by atomic mass is 32.2. The van der Waals surface area contributed by atoms with Crippen LogP contribution in [0, 0.1) is 17.2 Å². The van der Waals surface area contributed by atoms with Crippen LogP contribution in [0.15, 0.2) is 17.6 Å². The lowest BCUT2D eigenvalue weighted by Gasteiger charge is -2.24. The molecule has 1 N–H and O–H groups in total. The predicted octanol–water partition coefficient (Wildman–Crippen LogP) is 0.982. The van der Waals surface area contributed by atoms with Crippen molar-refractivity contribution in [3.8, 4) is 6.07 Å². The lowest BCUT2D eigenvalue weighted by atomic mass is 9.87. The van der Waals surface area contributed by atoms with Crippen molar-refractivity contribution >= 4 is 17.4 Å². The molecule has 0 aromatic carbocycles. The fourth-order valence-corrected chi connectivity index (χ4v) is 3.27. The molecule has 2 aromatic rings. The maximum atomic E-state index is 9.71. The van der Waals surface area contributed by atoms with E-state index in [1.54, 1.807) is 10.7 Å². The van der Waals surface area contributed by atoms with Crippen molar-refractivity contribution in [3.63, 3.8) is 0 Å². The van der Waals surface area contributed by atoms with Crippen LogP contribution in [0.3, 0.4) is 0 Å². The topological polar surface area (TPSA) is 96.3 Å². The molecule has 0 spiro atoms. The van der Waals surface area contributed by atoms with Gasteiger partial charge in [-0.25, -0.2) is 14.5 Å². The summed E-state index contributed by atoms with van der Waals surface area (Å²) in [6.07, 6.45) is 5.25. The third-order valence-electron chi connectivity index (χ3n) is 3.88. The fraction of sp³-hybridized carbons (Fsp3) is 0.538. The first-order chi connectivity index (χ1) is 10.2. The molecule has 0 saturated carbocycles. The van der Waals surface area contributed by atoms with Crippen LogP contribution in [0.25, 0.3) is 5.65 Å². The van der Waals surface area contributed by atoms with Gasteiger partial charge in [-0.15, -0.1) is 11.8 Å². The van der Waals surface area contributed by atoms with Crippen molar-refractivity contribution in [1.29, 1.82) is 5.26 Å². The second kappa shape index (κ2) is 5.26. The van der Waals surface area contributed by atoms with Crippen LogP contribution in [0.4, 0.5) is 0 Å². The largest absolute Gasteiger partial charge is 0.394 e. The number of imidazole rings is 1. The highest BCUT2D eigenvalue weighted by Gasteiger charge is 2.50. The molecule has 2 aromatic heterocycles. The second-order valence-electron chi connectivity index (χ2n) is 5.05. The number of nitriles is 1. The Labute approximate surface area is 126 Å². The monoisotopic (exact) mass is 305 g/mol. The fourth-order valence-electron chi connectivity index (χ4n) is 2.80. The number of aromatic nitrogens is 4. The van der Waals surface area contributed by atoms with Gasteiger partial charge in [0.1, 0.15) is 23.1 Å². The number of fused-ring (bicyclic) bond motifs is 1. The zero-order chi connectivity index (χ0) is 15.0. The quantitative estimate of drug-likeness (QED) is 0.844. The van der Waals surface area contributed by atoms with E-state index in [-0.39, 0.29) is 18.6 Å². The number of hydrogen-bond donors (Lipinski definition) is 1. The Kier molecular flexibility index (Phi) is 3.57. The van der Waals surface area contributed by atoms with Crippen LogP contribution >= 0.6 is 11.8 Å². The van der Waals surface area contributed by atoms with Crippen molar-refractivity contribution in [3.05, 3.63) is 18.2 Å². The van der Waals surface area contributed by atoms with Crippen molar-refractivity contribution < 1.29 is 9.84 Å². The van der Waals surface area contributed by atoms with E-state index in [0.717, 1.165) is 5.03 Å². The first kappa shape index (κ1) is 14.3. The number of thioether (sulfide) groups is 1. The van der Waals surface area contributed by atoms with Gasteiger partial charge in [0, 0.05) is 5.92 Å². The van der Waals surface area contributed by atoms with Crippen LogP contribution in [0.2, 0.25) is 0 Å². The molecule has 1 aliphatic heterocycles. The number of ether oxygens (including phenoxy) is 1. The van der Waals surface area contributed by atoms with E-state index < -0.39 is 5.60 Å². The van der Waals surface area contributed by atoms with Gasteiger partial charge < -0.3 is 9.84 Å². The smallest absolute Gasteiger partial charge is 0.200 e. The minimum Gasteiger partial charge on any atom is -0.394 e. The molecule has 0 radical (unpaired) electrons. The highest BCUT2D eigenvalue weighted by Crippen LogP contribution is 2.43. The van der Waals surface area contributed by atoms with Crippen LogP contribution < -0.4 is 0 Å². The summed E-state index contributed by atoms with van der Waals surface area (Å²) >= 11 is 1.47. The van der Waals surface area contributed by atoms with E-state index in [1.807, 2.05) is 13.2 Å². The van der Waals surface area contributed by atoms with E-state index in [2.05, 4.69) is 21.1 Å². The molecule has 0 aliphatic carbocycles. The Morgan fingerprint density at radius 2 is 2.43 bits per heavy atom. The van der Waals surface area contributed by atoms with Crippen LogP contribution in [0.5, 0.6) is 0 Å². The summed E-state index contributed by atoms with van der Waals surface area (Å²) in [5, 5.41) is 24.0. The Morgan fingerprint density at radius 3 is 3.05 bits per heavy atom. The summed E-state index contributed by atoms with van der Waals surface area (Å²) in [7, 11) is 0. The van der Waals surface area contributed by atoms with Gasteiger partial charge in [0.2, 0.25) is 5.60 Å². The summed E-state index contributed by atoms with van der Waals surface area (Å²) < 4.78 is 7.46. The van der Waals surface area contributed by atoms with Crippen molar-refractivity contribution in [2.45, 2.75) is 30.1 Å². The molecular weight excluding hydrogens is 290 g/mol. The summed E-state index contributed by atoms with van der Waals surface area (Å²) in [6.45, 7) is 1.84. The summed E-state index contributed by atoms with van der Waals surface area (Å²) in [5.41, 5.74) is 0.0515. The van der Waals surface area contributed by atoms with E-state index in [9.17, 15) is 10.4 Å². The lowest BCUT2D eigenvalue weighted by Crippen LogP contribution is -2.32. The van der Waals surface area contributed by atoms with Crippen LogP contribution in [0.1, 0.15) is 19.0 Å². The highest BCUT2D eigenvalue weighted by molar-refractivity contribution is 7.98. The molecule has 110 valence electrons. The van der Waals surface area contributed by atoms with Gasteiger partial charge in [0.25, 0.3) is 0 Å². The molecule has 7 nitrogen and oxygen atoms in total. The molecule has 0 amide bonds. The van der Waals surface area contributed by atoms with Gasteiger partial charge in [-0.1, -0.05) is 6.92 Å². The molecule has 3 heterocycles. The first-order valence-corrected chi connectivity index (χ1v) is 7.82. The van der Waals surface area contributed by atoms with E-state index in [4.69, 9.17) is 4.74 Å². The number of aliphatic hydroxyl groups excluding tert-OH is 1. The molecule has 1 saturated heterocycles. The zero-order valence-corrected chi connectivity index (χ0v) is 12.5. The van der Waals surface area contributed by atoms with Gasteiger partial charge in [-0.3, -0.25) is 0 Å². The average molecular weight is 305 g/mol. The molecule has 0 unspecified atom stereocenters. The molecule has 3 rings (SSSR count). The minimum absolute atomic E-state index is 0.0627. The number of rotatable bonds is 3. The second-order valence-corrected chi connectivity index (χ2v) is 5.85.